The van der Waals surface area contributed by atoms with Crippen LogP contribution in [0.2, 0.25) is 0 Å². The molecule has 0 unspecified atom stereocenters. The predicted molar refractivity (Wildman–Crippen MR) is 104 cm³/mol. The lowest BCUT2D eigenvalue weighted by atomic mass is 9.99. The molecular formula is C20H17F2N3O3S. The van der Waals surface area contributed by atoms with Crippen molar-refractivity contribution in [1.82, 2.24) is 9.97 Å². The first kappa shape index (κ1) is 19.6. The van der Waals surface area contributed by atoms with E-state index in [0.29, 0.717) is 30.7 Å². The normalized spacial score (nSPS) is 19.1. The van der Waals surface area contributed by atoms with E-state index in [9.17, 15) is 18.7 Å². The number of amides is 1. The van der Waals surface area contributed by atoms with Gasteiger partial charge >= 0.3 is 0 Å². The fourth-order valence-electron chi connectivity index (χ4n) is 3.17. The Bertz CT molecular complexity index is 1020. The lowest BCUT2D eigenvalue weighted by Crippen LogP contribution is -2.24. The van der Waals surface area contributed by atoms with Crippen molar-refractivity contribution in [2.24, 2.45) is 0 Å². The molecule has 1 amide bonds. The molecule has 0 radical (unpaired) electrons. The van der Waals surface area contributed by atoms with E-state index in [4.69, 9.17) is 4.74 Å². The van der Waals surface area contributed by atoms with E-state index in [-0.39, 0.29) is 22.4 Å². The van der Waals surface area contributed by atoms with Crippen LogP contribution < -0.4 is 5.32 Å². The van der Waals surface area contributed by atoms with Gasteiger partial charge in [-0.25, -0.2) is 13.8 Å². The van der Waals surface area contributed by atoms with Gasteiger partial charge in [-0.15, -0.1) is 11.3 Å². The Hall–Kier alpha value is -2.75. The smallest absolute Gasteiger partial charge is 0.275 e. The maximum absolute atomic E-state index is 14.0. The molecule has 1 aromatic carbocycles. The third-order valence-corrected chi connectivity index (χ3v) is 5.48. The quantitative estimate of drug-likeness (QED) is 0.672. The van der Waals surface area contributed by atoms with Crippen molar-refractivity contribution in [2.45, 2.75) is 25.0 Å². The molecule has 150 valence electrons. The Morgan fingerprint density at radius 1 is 1.28 bits per heavy atom. The SMILES string of the molecule is O=C(Nc1cnccc1[C@H]1C[C@@H](O)CCO1)c1csc(-c2c(F)cccc2F)n1. The molecule has 2 N–H and O–H groups in total. The van der Waals surface area contributed by atoms with Crippen molar-refractivity contribution in [3.63, 3.8) is 0 Å². The second-order valence-corrected chi connectivity index (χ2v) is 7.45. The number of aliphatic hydroxyl groups excluding tert-OH is 1. The van der Waals surface area contributed by atoms with Gasteiger partial charge in [0, 0.05) is 30.2 Å². The molecule has 0 saturated carbocycles. The number of nitrogens with one attached hydrogen (secondary N) is 1. The second-order valence-electron chi connectivity index (χ2n) is 6.59. The van der Waals surface area contributed by atoms with Crippen LogP contribution in [0.25, 0.3) is 10.6 Å². The highest BCUT2D eigenvalue weighted by molar-refractivity contribution is 7.13. The van der Waals surface area contributed by atoms with Crippen LogP contribution in [-0.4, -0.2) is 33.7 Å². The zero-order valence-corrected chi connectivity index (χ0v) is 16.0. The highest BCUT2D eigenvalue weighted by Gasteiger charge is 2.25. The molecule has 3 heterocycles. The number of pyridine rings is 1. The van der Waals surface area contributed by atoms with Gasteiger partial charge in [0.15, 0.2) is 0 Å². The Morgan fingerprint density at radius 3 is 2.83 bits per heavy atom. The molecule has 1 aliphatic heterocycles. The first-order valence-corrected chi connectivity index (χ1v) is 9.85. The van der Waals surface area contributed by atoms with Gasteiger partial charge in [0.1, 0.15) is 22.3 Å². The molecule has 4 rings (SSSR count). The fraction of sp³-hybridized carbons (Fsp3) is 0.250. The number of carbonyl (C=O) groups excluding carboxylic acids is 1. The van der Waals surface area contributed by atoms with Crippen LogP contribution in [0.15, 0.2) is 42.0 Å². The van der Waals surface area contributed by atoms with E-state index in [2.05, 4.69) is 15.3 Å². The van der Waals surface area contributed by atoms with E-state index in [1.165, 1.54) is 17.6 Å². The molecule has 3 aromatic rings. The van der Waals surface area contributed by atoms with Gasteiger partial charge in [-0.05, 0) is 24.6 Å². The number of ether oxygens (including phenoxy) is 1. The van der Waals surface area contributed by atoms with Gasteiger partial charge in [0.2, 0.25) is 0 Å². The molecule has 2 atom stereocenters. The second kappa shape index (κ2) is 8.32. The van der Waals surface area contributed by atoms with E-state index in [1.807, 2.05) is 0 Å². The van der Waals surface area contributed by atoms with Crippen LogP contribution in [-0.2, 0) is 4.74 Å². The van der Waals surface area contributed by atoms with Crippen LogP contribution in [0, 0.1) is 11.6 Å². The minimum atomic E-state index is -0.742. The molecule has 1 fully saturated rings. The van der Waals surface area contributed by atoms with E-state index in [1.54, 1.807) is 12.3 Å². The number of thiazole rings is 1. The zero-order valence-electron chi connectivity index (χ0n) is 15.1. The zero-order chi connectivity index (χ0) is 20.4. The summed E-state index contributed by atoms with van der Waals surface area (Å²) < 4.78 is 33.6. The minimum absolute atomic E-state index is 0.0343. The standard InChI is InChI=1S/C20H17F2N3O3S/c21-13-2-1-3-14(22)18(13)20-25-16(10-29-20)19(27)24-15-9-23-6-4-12(15)17-8-11(26)5-7-28-17/h1-4,6,9-11,17,26H,5,7-8H2,(H,24,27)/t11-,17+/m0/s1. The number of benzene rings is 1. The van der Waals surface area contributed by atoms with E-state index < -0.39 is 23.6 Å². The van der Waals surface area contributed by atoms with Gasteiger partial charge in [0.05, 0.1) is 29.7 Å². The number of nitrogens with zero attached hydrogens (tertiary/aromatic N) is 2. The molecule has 0 aliphatic carbocycles. The Morgan fingerprint density at radius 2 is 2.07 bits per heavy atom. The summed E-state index contributed by atoms with van der Waals surface area (Å²) in [5.74, 6) is -2.02. The third kappa shape index (κ3) is 4.16. The minimum Gasteiger partial charge on any atom is -0.393 e. The number of aromatic nitrogens is 2. The number of rotatable bonds is 4. The van der Waals surface area contributed by atoms with Crippen molar-refractivity contribution in [3.05, 3.63) is 64.9 Å². The van der Waals surface area contributed by atoms with Crippen LogP contribution in [0.4, 0.5) is 14.5 Å². The summed E-state index contributed by atoms with van der Waals surface area (Å²) >= 11 is 0.977. The molecular weight excluding hydrogens is 400 g/mol. The van der Waals surface area contributed by atoms with Gasteiger partial charge in [-0.3, -0.25) is 9.78 Å². The average Bonchev–Trinajstić information content (AvgIpc) is 3.18. The first-order valence-electron chi connectivity index (χ1n) is 8.97. The molecule has 9 heteroatoms. The molecule has 6 nitrogen and oxygen atoms in total. The summed E-state index contributed by atoms with van der Waals surface area (Å²) in [5.41, 5.74) is 0.904. The van der Waals surface area contributed by atoms with Crippen LogP contribution in [0.1, 0.15) is 35.0 Å². The van der Waals surface area contributed by atoms with Crippen LogP contribution in [0.5, 0.6) is 0 Å². The summed E-state index contributed by atoms with van der Waals surface area (Å²) in [6.45, 7) is 0.422. The molecule has 0 spiro atoms. The number of carbonyl (C=O) groups is 1. The number of hydrogen-bond donors (Lipinski definition) is 2. The first-order chi connectivity index (χ1) is 14.0. The average molecular weight is 417 g/mol. The summed E-state index contributed by atoms with van der Waals surface area (Å²) in [7, 11) is 0. The van der Waals surface area contributed by atoms with Gasteiger partial charge < -0.3 is 15.2 Å². The van der Waals surface area contributed by atoms with Gasteiger partial charge in [-0.2, -0.15) is 0 Å². The van der Waals surface area contributed by atoms with Crippen molar-refractivity contribution in [2.75, 3.05) is 11.9 Å². The van der Waals surface area contributed by atoms with E-state index >= 15 is 0 Å². The predicted octanol–water partition coefficient (Wildman–Crippen LogP) is 3.95. The molecule has 0 bridgehead atoms. The summed E-state index contributed by atoms with van der Waals surface area (Å²) in [6, 6.07) is 5.27. The Balaban J connectivity index is 1.56. The monoisotopic (exact) mass is 417 g/mol. The fourth-order valence-corrected chi connectivity index (χ4v) is 4.01. The van der Waals surface area contributed by atoms with Crippen LogP contribution >= 0.6 is 11.3 Å². The Kier molecular flexibility index (Phi) is 5.61. The largest absolute Gasteiger partial charge is 0.393 e. The number of aliphatic hydroxyl groups is 1. The lowest BCUT2D eigenvalue weighted by molar-refractivity contribution is -0.0444. The summed E-state index contributed by atoms with van der Waals surface area (Å²) in [6.07, 6.45) is 3.22. The Labute approximate surface area is 169 Å². The molecule has 1 saturated heterocycles. The van der Waals surface area contributed by atoms with Crippen molar-refractivity contribution in [1.29, 1.82) is 0 Å². The third-order valence-electron chi connectivity index (χ3n) is 4.62. The highest BCUT2D eigenvalue weighted by Crippen LogP contribution is 2.33. The molecule has 2 aromatic heterocycles. The molecule has 1 aliphatic rings. The summed E-state index contributed by atoms with van der Waals surface area (Å²) in [5, 5.41) is 14.1. The van der Waals surface area contributed by atoms with Crippen molar-refractivity contribution in [3.8, 4) is 10.6 Å². The highest BCUT2D eigenvalue weighted by atomic mass is 32.1. The maximum atomic E-state index is 14.0. The van der Waals surface area contributed by atoms with Gasteiger partial charge in [-0.1, -0.05) is 6.07 Å². The number of halogens is 2. The van der Waals surface area contributed by atoms with Crippen molar-refractivity contribution < 1.29 is 23.4 Å². The number of anilines is 1. The van der Waals surface area contributed by atoms with Crippen LogP contribution in [0.3, 0.4) is 0 Å². The maximum Gasteiger partial charge on any atom is 0.275 e. The lowest BCUT2D eigenvalue weighted by Gasteiger charge is -2.28. The molecule has 29 heavy (non-hydrogen) atoms. The van der Waals surface area contributed by atoms with E-state index in [0.717, 1.165) is 23.5 Å². The van der Waals surface area contributed by atoms with Gasteiger partial charge in [0.25, 0.3) is 5.91 Å². The summed E-state index contributed by atoms with van der Waals surface area (Å²) in [4.78, 5) is 20.8. The van der Waals surface area contributed by atoms with Crippen molar-refractivity contribution >= 4 is 22.9 Å². The number of hydrogen-bond acceptors (Lipinski definition) is 6. The topological polar surface area (TPSA) is 84.3 Å².